The van der Waals surface area contributed by atoms with Crippen molar-refractivity contribution in [1.29, 1.82) is 0 Å². The molecule has 0 bridgehead atoms. The van der Waals surface area contributed by atoms with E-state index in [0.29, 0.717) is 18.1 Å². The zero-order valence-electron chi connectivity index (χ0n) is 10.4. The van der Waals surface area contributed by atoms with Gasteiger partial charge in [-0.05, 0) is 32.4 Å². The van der Waals surface area contributed by atoms with Crippen LogP contribution in [0, 0.1) is 0 Å². The van der Waals surface area contributed by atoms with Gasteiger partial charge in [0.1, 0.15) is 0 Å². The fourth-order valence-electron chi connectivity index (χ4n) is 2.13. The molecule has 0 unspecified atom stereocenters. The maximum absolute atomic E-state index is 11.6. The lowest BCUT2D eigenvalue weighted by molar-refractivity contribution is -0.122. The Hall–Kier alpha value is -1.07. The molecule has 0 aromatic carbocycles. The van der Waals surface area contributed by atoms with Gasteiger partial charge in [-0.25, -0.2) is 0 Å². The van der Waals surface area contributed by atoms with Gasteiger partial charge in [0, 0.05) is 19.3 Å². The van der Waals surface area contributed by atoms with Crippen molar-refractivity contribution in [3.63, 3.8) is 0 Å². The van der Waals surface area contributed by atoms with E-state index in [1.54, 1.807) is 17.1 Å². The van der Waals surface area contributed by atoms with Crippen molar-refractivity contribution in [3.05, 3.63) is 17.4 Å². The minimum absolute atomic E-state index is 0.121. The standard InChI is InChI=1S/C12H19ClN4O/c13-11-8-15-17(9-11)7-3-4-14-12(18)10-16-5-1-2-6-16/h8-9H,1-7,10H2,(H,14,18). The number of carbonyl (C=O) groups is 1. The molecule has 0 saturated carbocycles. The summed E-state index contributed by atoms with van der Waals surface area (Å²) in [6.45, 7) is 4.10. The highest BCUT2D eigenvalue weighted by molar-refractivity contribution is 6.30. The van der Waals surface area contributed by atoms with Crippen molar-refractivity contribution in [2.45, 2.75) is 25.8 Å². The number of nitrogens with one attached hydrogen (secondary N) is 1. The second-order valence-electron chi connectivity index (χ2n) is 4.61. The summed E-state index contributed by atoms with van der Waals surface area (Å²) in [7, 11) is 0. The number of hydrogen-bond donors (Lipinski definition) is 1. The lowest BCUT2D eigenvalue weighted by Gasteiger charge is -2.13. The summed E-state index contributed by atoms with van der Waals surface area (Å²) in [6.07, 6.45) is 6.70. The second-order valence-corrected chi connectivity index (χ2v) is 5.04. The zero-order chi connectivity index (χ0) is 12.8. The molecule has 0 spiro atoms. The smallest absolute Gasteiger partial charge is 0.234 e. The number of rotatable bonds is 6. The first-order chi connectivity index (χ1) is 8.74. The molecule has 1 aromatic heterocycles. The van der Waals surface area contributed by atoms with Gasteiger partial charge >= 0.3 is 0 Å². The molecule has 1 amide bonds. The Morgan fingerprint density at radius 1 is 1.44 bits per heavy atom. The summed E-state index contributed by atoms with van der Waals surface area (Å²) in [6, 6.07) is 0. The summed E-state index contributed by atoms with van der Waals surface area (Å²) >= 11 is 5.76. The molecular weight excluding hydrogens is 252 g/mol. The normalized spacial score (nSPS) is 16.1. The molecule has 1 aliphatic rings. The molecule has 1 aromatic rings. The maximum atomic E-state index is 11.6. The van der Waals surface area contributed by atoms with E-state index < -0.39 is 0 Å². The van der Waals surface area contributed by atoms with Crippen molar-refractivity contribution in [2.24, 2.45) is 0 Å². The molecule has 6 heteroatoms. The number of carbonyl (C=O) groups excluding carboxylic acids is 1. The Morgan fingerprint density at radius 2 is 2.22 bits per heavy atom. The molecule has 1 N–H and O–H groups in total. The number of nitrogens with zero attached hydrogens (tertiary/aromatic N) is 3. The number of likely N-dealkylation sites (tertiary alicyclic amines) is 1. The van der Waals surface area contributed by atoms with E-state index in [1.165, 1.54) is 12.8 Å². The first-order valence-electron chi connectivity index (χ1n) is 6.41. The predicted molar refractivity (Wildman–Crippen MR) is 70.5 cm³/mol. The van der Waals surface area contributed by atoms with Gasteiger partial charge in [-0.2, -0.15) is 5.10 Å². The molecule has 1 aliphatic heterocycles. The van der Waals surface area contributed by atoms with Crippen LogP contribution in [0.1, 0.15) is 19.3 Å². The SMILES string of the molecule is O=C(CN1CCCC1)NCCCn1cc(Cl)cn1. The molecule has 1 saturated heterocycles. The molecule has 18 heavy (non-hydrogen) atoms. The van der Waals surface area contributed by atoms with Gasteiger partial charge in [0.15, 0.2) is 0 Å². The van der Waals surface area contributed by atoms with Crippen LogP contribution in [0.2, 0.25) is 5.02 Å². The highest BCUT2D eigenvalue weighted by Crippen LogP contribution is 2.06. The molecule has 1 fully saturated rings. The number of hydrogen-bond acceptors (Lipinski definition) is 3. The summed E-state index contributed by atoms with van der Waals surface area (Å²) in [5, 5.41) is 7.66. The monoisotopic (exact) mass is 270 g/mol. The van der Waals surface area contributed by atoms with Gasteiger partial charge < -0.3 is 5.32 Å². The van der Waals surface area contributed by atoms with E-state index in [9.17, 15) is 4.79 Å². The molecule has 0 radical (unpaired) electrons. The molecular formula is C12H19ClN4O. The molecule has 0 aliphatic carbocycles. The van der Waals surface area contributed by atoms with Crippen molar-refractivity contribution >= 4 is 17.5 Å². The van der Waals surface area contributed by atoms with E-state index in [1.807, 2.05) is 0 Å². The summed E-state index contributed by atoms with van der Waals surface area (Å²) < 4.78 is 1.79. The van der Waals surface area contributed by atoms with Gasteiger partial charge in [0.2, 0.25) is 5.91 Å². The van der Waals surface area contributed by atoms with Gasteiger partial charge in [-0.15, -0.1) is 0 Å². The van der Waals surface area contributed by atoms with Crippen molar-refractivity contribution in [1.82, 2.24) is 20.0 Å². The summed E-state index contributed by atoms with van der Waals surface area (Å²) in [5.41, 5.74) is 0. The first kappa shape index (κ1) is 13.4. The van der Waals surface area contributed by atoms with E-state index in [4.69, 9.17) is 11.6 Å². The van der Waals surface area contributed by atoms with Crippen LogP contribution in [-0.2, 0) is 11.3 Å². The van der Waals surface area contributed by atoms with E-state index >= 15 is 0 Å². The van der Waals surface area contributed by atoms with Crippen LogP contribution >= 0.6 is 11.6 Å². The van der Waals surface area contributed by atoms with Crippen LogP contribution in [0.15, 0.2) is 12.4 Å². The second kappa shape index (κ2) is 6.75. The van der Waals surface area contributed by atoms with E-state index in [2.05, 4.69) is 15.3 Å². The predicted octanol–water partition coefficient (Wildman–Crippen LogP) is 1.14. The molecule has 5 nitrogen and oxygen atoms in total. The molecule has 2 heterocycles. The van der Waals surface area contributed by atoms with E-state index in [0.717, 1.165) is 26.1 Å². The highest BCUT2D eigenvalue weighted by atomic mass is 35.5. The van der Waals surface area contributed by atoms with Crippen LogP contribution < -0.4 is 5.32 Å². The number of aromatic nitrogens is 2. The Kier molecular flexibility index (Phi) is 5.01. The van der Waals surface area contributed by atoms with Crippen molar-refractivity contribution < 1.29 is 4.79 Å². The first-order valence-corrected chi connectivity index (χ1v) is 6.79. The molecule has 0 atom stereocenters. The van der Waals surface area contributed by atoms with Crippen molar-refractivity contribution in [2.75, 3.05) is 26.2 Å². The topological polar surface area (TPSA) is 50.2 Å². The third-order valence-electron chi connectivity index (χ3n) is 3.05. The van der Waals surface area contributed by atoms with Crippen LogP contribution in [0.5, 0.6) is 0 Å². The quantitative estimate of drug-likeness (QED) is 0.789. The third-order valence-corrected chi connectivity index (χ3v) is 3.25. The van der Waals surface area contributed by atoms with Gasteiger partial charge in [-0.3, -0.25) is 14.4 Å². The van der Waals surface area contributed by atoms with Crippen LogP contribution in [0.4, 0.5) is 0 Å². The zero-order valence-corrected chi connectivity index (χ0v) is 11.2. The lowest BCUT2D eigenvalue weighted by Crippen LogP contribution is -2.36. The Bertz CT molecular complexity index is 387. The minimum atomic E-state index is 0.121. The largest absolute Gasteiger partial charge is 0.355 e. The Labute approximate surface area is 112 Å². The van der Waals surface area contributed by atoms with Crippen LogP contribution in [0.25, 0.3) is 0 Å². The van der Waals surface area contributed by atoms with E-state index in [-0.39, 0.29) is 5.91 Å². The van der Waals surface area contributed by atoms with Crippen molar-refractivity contribution in [3.8, 4) is 0 Å². The fraction of sp³-hybridized carbons (Fsp3) is 0.667. The van der Waals surface area contributed by atoms with Crippen LogP contribution in [0.3, 0.4) is 0 Å². The average molecular weight is 271 g/mol. The number of amides is 1. The number of aryl methyl sites for hydroxylation is 1. The van der Waals surface area contributed by atoms with Gasteiger partial charge in [0.05, 0.1) is 17.8 Å². The maximum Gasteiger partial charge on any atom is 0.234 e. The fourth-order valence-corrected chi connectivity index (χ4v) is 2.29. The number of halogens is 1. The lowest BCUT2D eigenvalue weighted by atomic mass is 10.4. The Balaban J connectivity index is 1.56. The third kappa shape index (κ3) is 4.31. The average Bonchev–Trinajstić information content (AvgIpc) is 2.96. The van der Waals surface area contributed by atoms with Crippen LogP contribution in [-0.4, -0.2) is 46.8 Å². The van der Waals surface area contributed by atoms with Gasteiger partial charge in [-0.1, -0.05) is 11.6 Å². The molecule has 100 valence electrons. The van der Waals surface area contributed by atoms with Gasteiger partial charge in [0.25, 0.3) is 0 Å². The summed E-state index contributed by atoms with van der Waals surface area (Å²) in [4.78, 5) is 13.8. The minimum Gasteiger partial charge on any atom is -0.355 e. The highest BCUT2D eigenvalue weighted by Gasteiger charge is 2.14. The summed E-state index contributed by atoms with van der Waals surface area (Å²) in [5.74, 6) is 0.121. The molecule has 2 rings (SSSR count). The Morgan fingerprint density at radius 3 is 2.89 bits per heavy atom.